The Balaban J connectivity index is 1.33. The molecule has 0 aliphatic carbocycles. The number of phenols is 1. The van der Waals surface area contributed by atoms with Crippen molar-refractivity contribution in [2.45, 2.75) is 26.1 Å². The summed E-state index contributed by atoms with van der Waals surface area (Å²) in [6.07, 6.45) is 0. The van der Waals surface area contributed by atoms with Crippen LogP contribution in [0.4, 0.5) is 5.69 Å². The van der Waals surface area contributed by atoms with Gasteiger partial charge < -0.3 is 15.7 Å². The zero-order valence-electron chi connectivity index (χ0n) is 18.8. The predicted octanol–water partition coefficient (Wildman–Crippen LogP) is 4.87. The number of nitrogens with one attached hydrogen (secondary N) is 2. The van der Waals surface area contributed by atoms with Gasteiger partial charge in [0.2, 0.25) is 9.84 Å². The van der Waals surface area contributed by atoms with Crippen molar-refractivity contribution < 1.29 is 23.1 Å². The Morgan fingerprint density at radius 3 is 2.42 bits per heavy atom. The molecule has 180 valence electrons. The van der Waals surface area contributed by atoms with Gasteiger partial charge in [-0.2, -0.15) is 0 Å². The zero-order chi connectivity index (χ0) is 25.3. The first-order valence-corrected chi connectivity index (χ1v) is 13.2. The van der Waals surface area contributed by atoms with E-state index < -0.39 is 21.7 Å². The molecule has 0 saturated carbocycles. The van der Waals surface area contributed by atoms with Gasteiger partial charge in [-0.1, -0.05) is 42.1 Å². The molecule has 0 bridgehead atoms. The SMILES string of the molecule is O=C(NCc1cccc(Sc2cccc(O)c2)c1)c1ccc2c(c1)NC(=O)c1ccccc1S2(=O)=O. The normalized spacial score (nSPS) is 13.6. The number of amides is 2. The maximum Gasteiger partial charge on any atom is 0.257 e. The van der Waals surface area contributed by atoms with E-state index in [1.165, 1.54) is 42.1 Å². The average molecular weight is 517 g/mol. The van der Waals surface area contributed by atoms with Gasteiger partial charge in [-0.15, -0.1) is 0 Å². The quantitative estimate of drug-likeness (QED) is 0.349. The highest BCUT2D eigenvalue weighted by Gasteiger charge is 2.31. The Morgan fingerprint density at radius 2 is 1.61 bits per heavy atom. The van der Waals surface area contributed by atoms with E-state index in [2.05, 4.69) is 10.6 Å². The van der Waals surface area contributed by atoms with Crippen molar-refractivity contribution in [1.29, 1.82) is 0 Å². The molecule has 4 aromatic carbocycles. The van der Waals surface area contributed by atoms with Gasteiger partial charge in [-0.3, -0.25) is 9.59 Å². The molecule has 1 aliphatic heterocycles. The van der Waals surface area contributed by atoms with E-state index in [1.807, 2.05) is 30.3 Å². The van der Waals surface area contributed by atoms with Gasteiger partial charge in [0.25, 0.3) is 11.8 Å². The smallest absolute Gasteiger partial charge is 0.257 e. The number of anilines is 1. The second-order valence-corrected chi connectivity index (χ2v) is 11.1. The Hall–Kier alpha value is -4.08. The molecule has 3 N–H and O–H groups in total. The average Bonchev–Trinajstić information content (AvgIpc) is 2.95. The second-order valence-electron chi connectivity index (χ2n) is 8.09. The highest BCUT2D eigenvalue weighted by Crippen LogP contribution is 2.34. The van der Waals surface area contributed by atoms with Crippen molar-refractivity contribution in [3.8, 4) is 5.75 Å². The van der Waals surface area contributed by atoms with Crippen molar-refractivity contribution in [3.05, 3.63) is 108 Å². The third-order valence-electron chi connectivity index (χ3n) is 5.61. The highest BCUT2D eigenvalue weighted by atomic mass is 32.2. The summed E-state index contributed by atoms with van der Waals surface area (Å²) in [5.74, 6) is -0.763. The van der Waals surface area contributed by atoms with E-state index in [9.17, 15) is 23.1 Å². The molecule has 0 saturated heterocycles. The van der Waals surface area contributed by atoms with Crippen LogP contribution in [0.25, 0.3) is 0 Å². The molecule has 4 aromatic rings. The Labute approximate surface area is 212 Å². The fourth-order valence-electron chi connectivity index (χ4n) is 3.89. The number of fused-ring (bicyclic) bond motifs is 2. The van der Waals surface area contributed by atoms with Crippen molar-refractivity contribution in [2.24, 2.45) is 0 Å². The van der Waals surface area contributed by atoms with E-state index >= 15 is 0 Å². The standard InChI is InChI=1S/C27H20N2O5S2/c30-19-6-4-8-21(15-19)35-20-7-3-5-17(13-20)16-28-26(31)18-11-12-25-23(14-18)29-27(32)22-9-1-2-10-24(22)36(25,33)34/h1-15,30H,16H2,(H,28,31)(H,29,32). The molecule has 1 aliphatic rings. The van der Waals surface area contributed by atoms with Crippen LogP contribution in [-0.2, 0) is 16.4 Å². The monoisotopic (exact) mass is 516 g/mol. The van der Waals surface area contributed by atoms with Gasteiger partial charge in [-0.05, 0) is 66.2 Å². The molecule has 0 unspecified atom stereocenters. The first-order valence-electron chi connectivity index (χ1n) is 10.9. The van der Waals surface area contributed by atoms with Crippen molar-refractivity contribution in [2.75, 3.05) is 5.32 Å². The van der Waals surface area contributed by atoms with Gasteiger partial charge in [-0.25, -0.2) is 8.42 Å². The first-order chi connectivity index (χ1) is 17.3. The number of hydrogen-bond donors (Lipinski definition) is 3. The van der Waals surface area contributed by atoms with Crippen LogP contribution in [0.2, 0.25) is 0 Å². The van der Waals surface area contributed by atoms with Crippen molar-refractivity contribution in [3.63, 3.8) is 0 Å². The largest absolute Gasteiger partial charge is 0.508 e. The van der Waals surface area contributed by atoms with Gasteiger partial charge in [0.05, 0.1) is 21.0 Å². The lowest BCUT2D eigenvalue weighted by Gasteiger charge is -2.11. The molecule has 9 heteroatoms. The highest BCUT2D eigenvalue weighted by molar-refractivity contribution is 7.99. The Morgan fingerprint density at radius 1 is 0.861 bits per heavy atom. The molecule has 0 aromatic heterocycles. The van der Waals surface area contributed by atoms with Gasteiger partial charge >= 0.3 is 0 Å². The summed E-state index contributed by atoms with van der Waals surface area (Å²) >= 11 is 1.49. The minimum atomic E-state index is -3.93. The molecule has 7 nitrogen and oxygen atoms in total. The lowest BCUT2D eigenvalue weighted by molar-refractivity contribution is 0.0949. The fourth-order valence-corrected chi connectivity index (χ4v) is 6.43. The minimum Gasteiger partial charge on any atom is -0.508 e. The molecule has 1 heterocycles. The number of aromatic hydroxyl groups is 1. The number of rotatable bonds is 5. The van der Waals surface area contributed by atoms with Crippen molar-refractivity contribution in [1.82, 2.24) is 5.32 Å². The number of phenolic OH excluding ortho intramolecular Hbond substituents is 1. The maximum atomic E-state index is 13.1. The molecular formula is C27H20N2O5S2. The molecule has 0 radical (unpaired) electrons. The van der Waals surface area contributed by atoms with E-state index in [1.54, 1.807) is 30.3 Å². The Bertz CT molecular complexity index is 1620. The summed E-state index contributed by atoms with van der Waals surface area (Å²) in [6.45, 7) is 0.250. The van der Waals surface area contributed by atoms with E-state index in [0.29, 0.717) is 0 Å². The number of carbonyl (C=O) groups excluding carboxylic acids is 2. The second kappa shape index (κ2) is 9.52. The van der Waals surface area contributed by atoms with Crippen LogP contribution in [0.3, 0.4) is 0 Å². The summed E-state index contributed by atoms with van der Waals surface area (Å²) < 4.78 is 26.3. The number of hydrogen-bond acceptors (Lipinski definition) is 6. The van der Waals surface area contributed by atoms with Crippen LogP contribution in [0.1, 0.15) is 26.3 Å². The van der Waals surface area contributed by atoms with Crippen LogP contribution in [0.15, 0.2) is 111 Å². The van der Waals surface area contributed by atoms with E-state index in [-0.39, 0.29) is 38.9 Å². The van der Waals surface area contributed by atoms with Crippen LogP contribution in [-0.4, -0.2) is 25.3 Å². The van der Waals surface area contributed by atoms with Crippen LogP contribution in [0, 0.1) is 0 Å². The third kappa shape index (κ3) is 4.71. The van der Waals surface area contributed by atoms with Crippen LogP contribution >= 0.6 is 11.8 Å². The molecule has 36 heavy (non-hydrogen) atoms. The summed E-state index contributed by atoms with van der Waals surface area (Å²) in [4.78, 5) is 27.2. The van der Waals surface area contributed by atoms with E-state index in [4.69, 9.17) is 0 Å². The van der Waals surface area contributed by atoms with Gasteiger partial charge in [0.15, 0.2) is 0 Å². The minimum absolute atomic E-state index is 0.0585. The summed E-state index contributed by atoms with van der Waals surface area (Å²) in [7, 11) is -3.93. The topological polar surface area (TPSA) is 113 Å². The van der Waals surface area contributed by atoms with Crippen LogP contribution in [0.5, 0.6) is 5.75 Å². The molecule has 2 amide bonds. The molecule has 5 rings (SSSR count). The lowest BCUT2D eigenvalue weighted by atomic mass is 10.1. The van der Waals surface area contributed by atoms with Crippen molar-refractivity contribution >= 4 is 39.1 Å². The molecule has 0 atom stereocenters. The van der Waals surface area contributed by atoms with Crippen LogP contribution < -0.4 is 10.6 Å². The zero-order valence-corrected chi connectivity index (χ0v) is 20.4. The molecule has 0 spiro atoms. The number of benzene rings is 4. The number of sulfone groups is 1. The summed E-state index contributed by atoms with van der Waals surface area (Å²) in [5.41, 5.74) is 1.21. The Kier molecular flexibility index (Phi) is 6.26. The number of carbonyl (C=O) groups is 2. The van der Waals surface area contributed by atoms with E-state index in [0.717, 1.165) is 15.4 Å². The third-order valence-corrected chi connectivity index (χ3v) is 8.45. The first kappa shape index (κ1) is 23.7. The predicted molar refractivity (Wildman–Crippen MR) is 136 cm³/mol. The maximum absolute atomic E-state index is 13.1. The summed E-state index contributed by atoms with van der Waals surface area (Å²) in [5, 5.41) is 15.1. The molecule has 0 fully saturated rings. The summed E-state index contributed by atoms with van der Waals surface area (Å²) in [6, 6.07) is 24.8. The van der Waals surface area contributed by atoms with Gasteiger partial charge in [0, 0.05) is 21.9 Å². The fraction of sp³-hybridized carbons (Fsp3) is 0.0370. The van der Waals surface area contributed by atoms with Gasteiger partial charge in [0.1, 0.15) is 5.75 Å². The molecular weight excluding hydrogens is 496 g/mol. The lowest BCUT2D eigenvalue weighted by Crippen LogP contribution is -2.23.